The highest BCUT2D eigenvalue weighted by Gasteiger charge is 2.38. The number of fused-ring (bicyclic) bond motifs is 4. The summed E-state index contributed by atoms with van der Waals surface area (Å²) < 4.78 is 7.40. The number of nitrogens with zero attached hydrogens (tertiary/aromatic N) is 2. The van der Waals surface area contributed by atoms with Gasteiger partial charge in [-0.3, -0.25) is 14.4 Å². The van der Waals surface area contributed by atoms with Crippen LogP contribution in [0.1, 0.15) is 18.0 Å². The number of aromatic nitrogens is 1. The molecule has 2 atom stereocenters. The molecule has 0 aliphatic carbocycles. The first-order valence-corrected chi connectivity index (χ1v) is 11.4. The largest absolute Gasteiger partial charge is 0.484 e. The SMILES string of the molecule is CSCC(=O)Nc1ccc(=O)n2c1C1CC(CN(C(=O)COc3ccccc3)C1)C2. The van der Waals surface area contributed by atoms with Gasteiger partial charge in [0.1, 0.15) is 5.75 Å². The van der Waals surface area contributed by atoms with Crippen molar-refractivity contribution in [1.82, 2.24) is 9.47 Å². The van der Waals surface area contributed by atoms with E-state index in [4.69, 9.17) is 4.74 Å². The third kappa shape index (κ3) is 4.38. The lowest BCUT2D eigenvalue weighted by atomic mass is 9.82. The summed E-state index contributed by atoms with van der Waals surface area (Å²) in [6, 6.07) is 12.5. The fraction of sp³-hybridized carbons (Fsp3) is 0.409. The Balaban J connectivity index is 1.51. The zero-order chi connectivity index (χ0) is 21.1. The summed E-state index contributed by atoms with van der Waals surface area (Å²) in [6.07, 6.45) is 2.77. The van der Waals surface area contributed by atoms with E-state index in [9.17, 15) is 14.4 Å². The Bertz CT molecular complexity index is 992. The minimum absolute atomic E-state index is 0.0108. The number of pyridine rings is 1. The molecule has 3 heterocycles. The van der Waals surface area contributed by atoms with Crippen molar-refractivity contribution in [3.05, 3.63) is 58.5 Å². The summed E-state index contributed by atoms with van der Waals surface area (Å²) in [7, 11) is 0. The third-order valence-electron chi connectivity index (χ3n) is 5.60. The van der Waals surface area contributed by atoms with Crippen molar-refractivity contribution in [1.29, 1.82) is 0 Å². The van der Waals surface area contributed by atoms with Gasteiger partial charge in [-0.05, 0) is 36.8 Å². The highest BCUT2D eigenvalue weighted by atomic mass is 32.2. The maximum atomic E-state index is 12.8. The second kappa shape index (κ2) is 8.95. The lowest BCUT2D eigenvalue weighted by Gasteiger charge is -2.43. The Morgan fingerprint density at radius 1 is 1.13 bits per heavy atom. The molecule has 8 heteroatoms. The molecule has 0 spiro atoms. The van der Waals surface area contributed by atoms with E-state index in [2.05, 4.69) is 5.32 Å². The second-order valence-corrected chi connectivity index (χ2v) is 8.63. The summed E-state index contributed by atoms with van der Waals surface area (Å²) in [5.74, 6) is 1.09. The van der Waals surface area contributed by atoms with E-state index in [1.54, 1.807) is 10.6 Å². The van der Waals surface area contributed by atoms with Gasteiger partial charge >= 0.3 is 0 Å². The molecule has 2 amide bonds. The number of rotatable bonds is 6. The molecule has 1 aromatic carbocycles. The van der Waals surface area contributed by atoms with Gasteiger partial charge in [-0.15, -0.1) is 0 Å². The summed E-state index contributed by atoms with van der Waals surface area (Å²) >= 11 is 1.45. The second-order valence-electron chi connectivity index (χ2n) is 7.76. The Morgan fingerprint density at radius 3 is 2.70 bits per heavy atom. The summed E-state index contributed by atoms with van der Waals surface area (Å²) in [6.45, 7) is 1.67. The number of para-hydroxylation sites is 1. The van der Waals surface area contributed by atoms with Gasteiger partial charge in [-0.1, -0.05) is 18.2 Å². The van der Waals surface area contributed by atoms with Crippen LogP contribution in [0.4, 0.5) is 5.69 Å². The number of likely N-dealkylation sites (tertiary alicyclic amines) is 1. The molecule has 2 aliphatic rings. The van der Waals surface area contributed by atoms with Crippen molar-refractivity contribution < 1.29 is 14.3 Å². The number of carbonyl (C=O) groups is 2. The molecule has 4 rings (SSSR count). The van der Waals surface area contributed by atoms with Gasteiger partial charge in [-0.25, -0.2) is 0 Å². The maximum absolute atomic E-state index is 12.8. The number of piperidine rings is 1. The summed E-state index contributed by atoms with van der Waals surface area (Å²) in [4.78, 5) is 39.2. The smallest absolute Gasteiger partial charge is 0.260 e. The van der Waals surface area contributed by atoms with Crippen molar-refractivity contribution in [2.75, 3.05) is 37.0 Å². The topological polar surface area (TPSA) is 80.6 Å². The molecule has 30 heavy (non-hydrogen) atoms. The standard InChI is InChI=1S/C22H25N3O4S/c1-30-14-19(26)23-18-7-8-20(27)25-11-15-9-16(22(18)25)12-24(10-15)21(28)13-29-17-5-3-2-4-6-17/h2-8,15-16H,9-14H2,1H3,(H,23,26). The molecule has 2 bridgehead atoms. The molecule has 2 aliphatic heterocycles. The Labute approximate surface area is 179 Å². The van der Waals surface area contributed by atoms with E-state index in [0.29, 0.717) is 36.8 Å². The average Bonchev–Trinajstić information content (AvgIpc) is 2.74. The quantitative estimate of drug-likeness (QED) is 0.764. The van der Waals surface area contributed by atoms with Crippen LogP contribution in [0.2, 0.25) is 0 Å². The fourth-order valence-corrected chi connectivity index (χ4v) is 4.73. The van der Waals surface area contributed by atoms with Crippen molar-refractivity contribution >= 4 is 29.3 Å². The van der Waals surface area contributed by atoms with Crippen LogP contribution in [0.3, 0.4) is 0 Å². The highest BCUT2D eigenvalue weighted by Crippen LogP contribution is 2.38. The number of hydrogen-bond donors (Lipinski definition) is 1. The molecular weight excluding hydrogens is 402 g/mol. The van der Waals surface area contributed by atoms with Crippen molar-refractivity contribution in [3.8, 4) is 5.75 Å². The number of ether oxygens (including phenoxy) is 1. The molecule has 1 aromatic heterocycles. The average molecular weight is 428 g/mol. The fourth-order valence-electron chi connectivity index (χ4n) is 4.39. The van der Waals surface area contributed by atoms with E-state index in [1.807, 2.05) is 41.5 Å². The number of benzene rings is 1. The molecule has 7 nitrogen and oxygen atoms in total. The summed E-state index contributed by atoms with van der Waals surface area (Å²) in [5.41, 5.74) is 1.44. The summed E-state index contributed by atoms with van der Waals surface area (Å²) in [5, 5.41) is 2.94. The molecule has 1 fully saturated rings. The van der Waals surface area contributed by atoms with E-state index < -0.39 is 0 Å². The van der Waals surface area contributed by atoms with Crippen molar-refractivity contribution in [2.24, 2.45) is 5.92 Å². The Morgan fingerprint density at radius 2 is 1.93 bits per heavy atom. The Kier molecular flexibility index (Phi) is 6.13. The first-order valence-electron chi connectivity index (χ1n) is 10.0. The highest BCUT2D eigenvalue weighted by molar-refractivity contribution is 7.99. The zero-order valence-electron chi connectivity index (χ0n) is 16.9. The molecule has 2 unspecified atom stereocenters. The zero-order valence-corrected chi connectivity index (χ0v) is 17.7. The van der Waals surface area contributed by atoms with Crippen LogP contribution < -0.4 is 15.6 Å². The van der Waals surface area contributed by atoms with E-state index in [-0.39, 0.29) is 35.8 Å². The molecule has 0 saturated carbocycles. The van der Waals surface area contributed by atoms with E-state index in [0.717, 1.165) is 12.1 Å². The van der Waals surface area contributed by atoms with Crippen LogP contribution in [-0.2, 0) is 16.1 Å². The molecule has 158 valence electrons. The molecule has 1 saturated heterocycles. The number of anilines is 1. The van der Waals surface area contributed by atoms with Crippen LogP contribution >= 0.6 is 11.8 Å². The monoisotopic (exact) mass is 427 g/mol. The van der Waals surface area contributed by atoms with Gasteiger partial charge in [0.05, 0.1) is 11.4 Å². The molecule has 2 aromatic rings. The predicted molar refractivity (Wildman–Crippen MR) is 117 cm³/mol. The van der Waals surface area contributed by atoms with Crippen LogP contribution in [0, 0.1) is 5.92 Å². The maximum Gasteiger partial charge on any atom is 0.260 e. The van der Waals surface area contributed by atoms with Gasteiger partial charge in [0.25, 0.3) is 11.5 Å². The lowest BCUT2D eigenvalue weighted by Crippen LogP contribution is -2.50. The number of carbonyl (C=O) groups excluding carboxylic acids is 2. The minimum Gasteiger partial charge on any atom is -0.484 e. The lowest BCUT2D eigenvalue weighted by molar-refractivity contribution is -0.136. The Hall–Kier alpha value is -2.74. The number of nitrogens with one attached hydrogen (secondary N) is 1. The molecular formula is C22H25N3O4S. The van der Waals surface area contributed by atoms with Gasteiger partial charge in [-0.2, -0.15) is 11.8 Å². The molecule has 1 N–H and O–H groups in total. The van der Waals surface area contributed by atoms with Crippen molar-refractivity contribution in [3.63, 3.8) is 0 Å². The predicted octanol–water partition coefficient (Wildman–Crippen LogP) is 2.17. The first kappa shape index (κ1) is 20.5. The van der Waals surface area contributed by atoms with Crippen LogP contribution in [0.5, 0.6) is 5.75 Å². The normalized spacial score (nSPS) is 19.7. The van der Waals surface area contributed by atoms with E-state index >= 15 is 0 Å². The number of amides is 2. The van der Waals surface area contributed by atoms with Crippen LogP contribution in [-0.4, -0.2) is 53.0 Å². The third-order valence-corrected chi connectivity index (χ3v) is 6.15. The van der Waals surface area contributed by atoms with Crippen LogP contribution in [0.25, 0.3) is 0 Å². The van der Waals surface area contributed by atoms with Crippen LogP contribution in [0.15, 0.2) is 47.3 Å². The number of thioether (sulfide) groups is 1. The number of hydrogen-bond acceptors (Lipinski definition) is 5. The minimum atomic E-state index is -0.0916. The van der Waals surface area contributed by atoms with Crippen molar-refractivity contribution in [2.45, 2.75) is 18.9 Å². The first-order chi connectivity index (χ1) is 14.5. The van der Waals surface area contributed by atoms with Gasteiger partial charge in [0.2, 0.25) is 5.91 Å². The van der Waals surface area contributed by atoms with E-state index in [1.165, 1.54) is 17.8 Å². The molecule has 0 radical (unpaired) electrons. The van der Waals surface area contributed by atoms with Gasteiger partial charge < -0.3 is 19.5 Å². The van der Waals surface area contributed by atoms with Gasteiger partial charge in [0, 0.05) is 37.3 Å². The van der Waals surface area contributed by atoms with Gasteiger partial charge in [0.15, 0.2) is 6.61 Å².